The van der Waals surface area contributed by atoms with Gasteiger partial charge in [-0.05, 0) is 30.4 Å². The van der Waals surface area contributed by atoms with Crippen LogP contribution >= 0.6 is 0 Å². The summed E-state index contributed by atoms with van der Waals surface area (Å²) in [6.45, 7) is 4.59. The predicted molar refractivity (Wildman–Crippen MR) is 85.9 cm³/mol. The number of urea groups is 1. The summed E-state index contributed by atoms with van der Waals surface area (Å²) in [6.07, 6.45) is 2.69. The summed E-state index contributed by atoms with van der Waals surface area (Å²) >= 11 is 0. The lowest BCUT2D eigenvalue weighted by Gasteiger charge is -2.31. The first-order valence-corrected chi connectivity index (χ1v) is 7.82. The Hall–Kier alpha value is -2.04. The summed E-state index contributed by atoms with van der Waals surface area (Å²) < 4.78 is 4.82. The Morgan fingerprint density at radius 1 is 1.36 bits per heavy atom. The number of esters is 1. The summed E-state index contributed by atoms with van der Waals surface area (Å²) in [4.78, 5) is 26.3. The quantitative estimate of drug-likeness (QED) is 0.870. The highest BCUT2D eigenvalue weighted by molar-refractivity contribution is 5.95. The van der Waals surface area contributed by atoms with E-state index in [1.165, 1.54) is 12.7 Å². The molecule has 2 amide bonds. The number of ether oxygens (including phenoxy) is 1. The number of hydrogen-bond acceptors (Lipinski definition) is 3. The minimum atomic E-state index is -0.614. The number of rotatable bonds is 4. The van der Waals surface area contributed by atoms with E-state index in [9.17, 15) is 9.59 Å². The zero-order valence-electron chi connectivity index (χ0n) is 13.5. The molecule has 1 heterocycles. The van der Waals surface area contributed by atoms with Gasteiger partial charge in [0.05, 0.1) is 7.11 Å². The first-order chi connectivity index (χ1) is 10.6. The van der Waals surface area contributed by atoms with Crippen LogP contribution in [-0.4, -0.2) is 31.7 Å². The van der Waals surface area contributed by atoms with E-state index in [4.69, 9.17) is 4.74 Å². The number of nitrogens with one attached hydrogen (secondary N) is 1. The van der Waals surface area contributed by atoms with Gasteiger partial charge in [0.15, 0.2) is 0 Å². The molecule has 0 bridgehead atoms. The minimum absolute atomic E-state index is 0.0245. The fourth-order valence-corrected chi connectivity index (χ4v) is 2.75. The number of amides is 2. The fraction of sp³-hybridized carbons (Fsp3) is 0.529. The van der Waals surface area contributed by atoms with Crippen LogP contribution in [0.15, 0.2) is 24.3 Å². The van der Waals surface area contributed by atoms with Gasteiger partial charge in [0.1, 0.15) is 6.04 Å². The molecule has 2 rings (SSSR count). The van der Waals surface area contributed by atoms with Crippen LogP contribution in [0.5, 0.6) is 0 Å². The van der Waals surface area contributed by atoms with Gasteiger partial charge in [-0.25, -0.2) is 9.59 Å². The van der Waals surface area contributed by atoms with Gasteiger partial charge in [0.25, 0.3) is 0 Å². The highest BCUT2D eigenvalue weighted by Gasteiger charge is 2.30. The largest absolute Gasteiger partial charge is 0.467 e. The van der Waals surface area contributed by atoms with Gasteiger partial charge >= 0.3 is 12.0 Å². The molecule has 5 nitrogen and oxygen atoms in total. The van der Waals surface area contributed by atoms with Crippen molar-refractivity contribution in [2.75, 3.05) is 18.6 Å². The van der Waals surface area contributed by atoms with Crippen molar-refractivity contribution in [3.05, 3.63) is 29.8 Å². The van der Waals surface area contributed by atoms with E-state index in [0.29, 0.717) is 6.54 Å². The number of carbonyl (C=O) groups excluding carboxylic acids is 2. The molecule has 1 aromatic rings. The van der Waals surface area contributed by atoms with Gasteiger partial charge in [-0.15, -0.1) is 0 Å². The zero-order chi connectivity index (χ0) is 16.1. The summed E-state index contributed by atoms with van der Waals surface area (Å²) in [5.74, 6) is -0.371. The van der Waals surface area contributed by atoms with Gasteiger partial charge < -0.3 is 10.1 Å². The molecule has 0 saturated heterocycles. The molecular formula is C17H24N2O3. The maximum atomic E-state index is 12.6. The molecule has 22 heavy (non-hydrogen) atoms. The summed E-state index contributed by atoms with van der Waals surface area (Å²) in [6, 6.07) is 7.05. The lowest BCUT2D eigenvalue weighted by Crippen LogP contribution is -2.52. The van der Waals surface area contributed by atoms with Crippen molar-refractivity contribution in [1.29, 1.82) is 0 Å². The van der Waals surface area contributed by atoms with Gasteiger partial charge in [-0.1, -0.05) is 38.5 Å². The van der Waals surface area contributed by atoms with Gasteiger partial charge in [-0.3, -0.25) is 4.90 Å². The summed E-state index contributed by atoms with van der Waals surface area (Å²) in [7, 11) is 1.35. The third kappa shape index (κ3) is 3.40. The Bertz CT molecular complexity index is 544. The molecule has 0 radical (unpaired) electrons. The number of fused-ring (bicyclic) bond motifs is 1. The molecule has 120 valence electrons. The first-order valence-electron chi connectivity index (χ1n) is 7.82. The Balaban J connectivity index is 2.16. The van der Waals surface area contributed by atoms with Crippen LogP contribution in [0, 0.1) is 5.92 Å². The van der Waals surface area contributed by atoms with Crippen LogP contribution in [0.25, 0.3) is 0 Å². The van der Waals surface area contributed by atoms with Crippen LogP contribution < -0.4 is 10.2 Å². The highest BCUT2D eigenvalue weighted by atomic mass is 16.5. The second-order valence-electron chi connectivity index (χ2n) is 5.72. The number of benzene rings is 1. The second kappa shape index (κ2) is 7.29. The Kier molecular flexibility index (Phi) is 5.41. The van der Waals surface area contributed by atoms with Crippen LogP contribution in [0.4, 0.5) is 10.5 Å². The smallest absolute Gasteiger partial charge is 0.328 e. The normalized spacial score (nSPS) is 16.4. The third-order valence-corrected chi connectivity index (χ3v) is 4.30. The minimum Gasteiger partial charge on any atom is -0.467 e. The fourth-order valence-electron chi connectivity index (χ4n) is 2.75. The topological polar surface area (TPSA) is 58.6 Å². The molecule has 5 heteroatoms. The SMILES string of the molecule is CCC(C)[C@@H](NC(=O)N1CCCc2ccccc21)C(=O)OC. The van der Waals surface area contributed by atoms with E-state index in [-0.39, 0.29) is 11.9 Å². The number of carbonyl (C=O) groups is 2. The van der Waals surface area contributed by atoms with Crippen LogP contribution in [0.3, 0.4) is 0 Å². The Labute approximate surface area is 131 Å². The van der Waals surface area contributed by atoms with Crippen LogP contribution in [-0.2, 0) is 16.0 Å². The van der Waals surface area contributed by atoms with E-state index < -0.39 is 12.0 Å². The summed E-state index contributed by atoms with van der Waals surface area (Å²) in [5, 5.41) is 2.84. The average molecular weight is 304 g/mol. The standard InChI is InChI=1S/C17H24N2O3/c1-4-12(2)15(16(20)22-3)18-17(21)19-11-7-9-13-8-5-6-10-14(13)19/h5-6,8,10,12,15H,4,7,9,11H2,1-3H3,(H,18,21)/t12?,15-/m1/s1. The van der Waals surface area contributed by atoms with Crippen molar-refractivity contribution >= 4 is 17.7 Å². The molecule has 0 spiro atoms. The molecule has 1 aromatic carbocycles. The van der Waals surface area contributed by atoms with E-state index in [1.54, 1.807) is 4.90 Å². The van der Waals surface area contributed by atoms with Gasteiger partial charge in [-0.2, -0.15) is 0 Å². The molecule has 1 N–H and O–H groups in total. The van der Waals surface area contributed by atoms with E-state index >= 15 is 0 Å². The van der Waals surface area contributed by atoms with E-state index in [1.807, 2.05) is 38.1 Å². The second-order valence-corrected chi connectivity index (χ2v) is 5.72. The zero-order valence-corrected chi connectivity index (χ0v) is 13.5. The molecule has 1 aliphatic heterocycles. The molecular weight excluding hydrogens is 280 g/mol. The highest BCUT2D eigenvalue weighted by Crippen LogP contribution is 2.26. The number of aryl methyl sites for hydroxylation is 1. The maximum Gasteiger partial charge on any atom is 0.328 e. The van der Waals surface area contributed by atoms with Crippen LogP contribution in [0.2, 0.25) is 0 Å². The predicted octanol–water partition coefficient (Wildman–Crippen LogP) is 2.74. The Morgan fingerprint density at radius 3 is 2.77 bits per heavy atom. The summed E-state index contributed by atoms with van der Waals surface area (Å²) in [5.41, 5.74) is 2.10. The number of nitrogens with zero attached hydrogens (tertiary/aromatic N) is 1. The number of anilines is 1. The molecule has 1 unspecified atom stereocenters. The average Bonchev–Trinajstić information content (AvgIpc) is 2.57. The number of para-hydroxylation sites is 1. The van der Waals surface area contributed by atoms with Crippen molar-refractivity contribution in [1.82, 2.24) is 5.32 Å². The van der Waals surface area contributed by atoms with Crippen LogP contribution in [0.1, 0.15) is 32.3 Å². The first kappa shape index (κ1) is 16.3. The van der Waals surface area contributed by atoms with Crippen molar-refractivity contribution in [3.8, 4) is 0 Å². The maximum absolute atomic E-state index is 12.6. The van der Waals surface area contributed by atoms with Crippen molar-refractivity contribution in [3.63, 3.8) is 0 Å². The van der Waals surface area contributed by atoms with E-state index in [2.05, 4.69) is 5.32 Å². The van der Waals surface area contributed by atoms with Gasteiger partial charge in [0, 0.05) is 12.2 Å². The van der Waals surface area contributed by atoms with Crippen molar-refractivity contribution in [2.24, 2.45) is 5.92 Å². The molecule has 0 fully saturated rings. The molecule has 1 aliphatic rings. The number of hydrogen-bond donors (Lipinski definition) is 1. The molecule has 0 saturated carbocycles. The third-order valence-electron chi connectivity index (χ3n) is 4.30. The lowest BCUT2D eigenvalue weighted by molar-refractivity contribution is -0.144. The van der Waals surface area contributed by atoms with E-state index in [0.717, 1.165) is 24.9 Å². The van der Waals surface area contributed by atoms with Crippen molar-refractivity contribution < 1.29 is 14.3 Å². The lowest BCUT2D eigenvalue weighted by atomic mass is 9.99. The molecule has 0 aliphatic carbocycles. The number of methoxy groups -OCH3 is 1. The Morgan fingerprint density at radius 2 is 2.09 bits per heavy atom. The van der Waals surface area contributed by atoms with Crippen molar-refractivity contribution in [2.45, 2.75) is 39.2 Å². The monoisotopic (exact) mass is 304 g/mol. The van der Waals surface area contributed by atoms with Gasteiger partial charge in [0.2, 0.25) is 0 Å². The molecule has 2 atom stereocenters. The molecule has 0 aromatic heterocycles.